The maximum absolute atomic E-state index is 13.7. The molecule has 0 aromatic heterocycles. The van der Waals surface area contributed by atoms with Gasteiger partial charge in [0.05, 0.1) is 5.69 Å². The molecular formula is C23H28BrN3O3S. The lowest BCUT2D eigenvalue weighted by Crippen LogP contribution is -2.49. The maximum atomic E-state index is 13.7. The Hall–Kier alpha value is -1.90. The van der Waals surface area contributed by atoms with E-state index >= 15 is 0 Å². The number of nitrogens with zero attached hydrogens (tertiary/aromatic N) is 3. The maximum Gasteiger partial charge on any atom is 0.245 e. The summed E-state index contributed by atoms with van der Waals surface area (Å²) in [6.07, 6.45) is 0.650. The first kappa shape index (κ1) is 22.3. The van der Waals surface area contributed by atoms with Crippen LogP contribution in [0.3, 0.4) is 0 Å². The van der Waals surface area contributed by atoms with E-state index < -0.39 is 10.0 Å². The summed E-state index contributed by atoms with van der Waals surface area (Å²) in [5.74, 6) is -0.134. The molecule has 0 aliphatic carbocycles. The largest absolute Gasteiger partial charge is 0.369 e. The summed E-state index contributed by atoms with van der Waals surface area (Å²) in [4.78, 5) is 16.4. The third-order valence-corrected chi connectivity index (χ3v) is 8.59. The van der Waals surface area contributed by atoms with E-state index in [1.807, 2.05) is 13.0 Å². The van der Waals surface area contributed by atoms with E-state index in [0.717, 1.165) is 15.7 Å². The van der Waals surface area contributed by atoms with Crippen molar-refractivity contribution in [3.05, 3.63) is 51.5 Å². The molecule has 1 fully saturated rings. The number of carbonyl (C=O) groups is 1. The van der Waals surface area contributed by atoms with Gasteiger partial charge in [0.15, 0.2) is 0 Å². The molecule has 6 nitrogen and oxygen atoms in total. The number of fused-ring (bicyclic) bond motifs is 1. The third-order valence-electron chi connectivity index (χ3n) is 6.22. The summed E-state index contributed by atoms with van der Waals surface area (Å²) in [5.41, 5.74) is 4.98. The number of sulfonamides is 1. The number of aryl methyl sites for hydroxylation is 2. The van der Waals surface area contributed by atoms with Gasteiger partial charge in [0, 0.05) is 49.3 Å². The molecule has 1 unspecified atom stereocenters. The predicted octanol–water partition coefficient (Wildman–Crippen LogP) is 3.87. The van der Waals surface area contributed by atoms with Gasteiger partial charge in [0.25, 0.3) is 0 Å². The molecule has 2 aliphatic heterocycles. The Morgan fingerprint density at radius 1 is 1.06 bits per heavy atom. The molecule has 2 aliphatic rings. The quantitative estimate of drug-likeness (QED) is 0.634. The van der Waals surface area contributed by atoms with E-state index in [2.05, 4.69) is 52.9 Å². The molecular weight excluding hydrogens is 478 g/mol. The van der Waals surface area contributed by atoms with Crippen LogP contribution in [0.25, 0.3) is 0 Å². The minimum Gasteiger partial charge on any atom is -0.369 e. The fourth-order valence-corrected chi connectivity index (χ4v) is 7.05. The zero-order valence-electron chi connectivity index (χ0n) is 18.4. The number of rotatable bonds is 3. The number of piperazine rings is 1. The van der Waals surface area contributed by atoms with Crippen LogP contribution in [0.4, 0.5) is 11.4 Å². The van der Waals surface area contributed by atoms with E-state index in [0.29, 0.717) is 38.3 Å². The molecule has 4 rings (SSSR count). The highest BCUT2D eigenvalue weighted by Gasteiger charge is 2.38. The molecule has 0 spiro atoms. The molecule has 1 saturated heterocycles. The normalized spacial score (nSPS) is 19.6. The monoisotopic (exact) mass is 505 g/mol. The number of amides is 1. The second-order valence-electron chi connectivity index (χ2n) is 8.53. The van der Waals surface area contributed by atoms with Crippen molar-refractivity contribution in [1.29, 1.82) is 0 Å². The summed E-state index contributed by atoms with van der Waals surface area (Å²) in [6.45, 7) is 9.68. The van der Waals surface area contributed by atoms with Crippen LogP contribution < -0.4 is 9.80 Å². The first-order chi connectivity index (χ1) is 14.6. The SMILES string of the molecule is CC(=O)N1c2c(cc(Br)cc2S(=O)(=O)N2CCN(c3cc(C)ccc3C)CC2)CC1C. The Morgan fingerprint density at radius 3 is 2.39 bits per heavy atom. The van der Waals surface area contributed by atoms with Crippen molar-refractivity contribution in [3.8, 4) is 0 Å². The van der Waals surface area contributed by atoms with Crippen LogP contribution in [0, 0.1) is 13.8 Å². The summed E-state index contributed by atoms with van der Waals surface area (Å²) in [5, 5.41) is 0. The van der Waals surface area contributed by atoms with Gasteiger partial charge < -0.3 is 9.80 Å². The zero-order chi connectivity index (χ0) is 22.5. The minimum atomic E-state index is -3.74. The average Bonchev–Trinajstić information content (AvgIpc) is 3.04. The Labute approximate surface area is 193 Å². The summed E-state index contributed by atoms with van der Waals surface area (Å²) in [7, 11) is -3.74. The van der Waals surface area contributed by atoms with Crippen LogP contribution in [0.1, 0.15) is 30.5 Å². The molecule has 0 saturated carbocycles. The van der Waals surface area contributed by atoms with Gasteiger partial charge in [0.2, 0.25) is 15.9 Å². The van der Waals surface area contributed by atoms with Gasteiger partial charge in [-0.3, -0.25) is 4.79 Å². The van der Waals surface area contributed by atoms with Crippen molar-refractivity contribution >= 4 is 43.2 Å². The second kappa shape index (κ2) is 8.22. The molecule has 0 bridgehead atoms. The molecule has 2 heterocycles. The summed E-state index contributed by atoms with van der Waals surface area (Å²) in [6, 6.07) is 9.86. The highest BCUT2D eigenvalue weighted by atomic mass is 79.9. The Kier molecular flexibility index (Phi) is 5.91. The molecule has 0 radical (unpaired) electrons. The minimum absolute atomic E-state index is 0.0584. The first-order valence-electron chi connectivity index (χ1n) is 10.5. The van der Waals surface area contributed by atoms with Crippen molar-refractivity contribution in [2.75, 3.05) is 36.0 Å². The van der Waals surface area contributed by atoms with Crippen LogP contribution >= 0.6 is 15.9 Å². The Morgan fingerprint density at radius 2 is 1.74 bits per heavy atom. The van der Waals surface area contributed by atoms with E-state index in [1.165, 1.54) is 18.1 Å². The first-order valence-corrected chi connectivity index (χ1v) is 12.8. The fraction of sp³-hybridized carbons (Fsp3) is 0.435. The summed E-state index contributed by atoms with van der Waals surface area (Å²) < 4.78 is 29.6. The van der Waals surface area contributed by atoms with Crippen LogP contribution in [-0.4, -0.2) is 50.9 Å². The zero-order valence-corrected chi connectivity index (χ0v) is 20.8. The van der Waals surface area contributed by atoms with Crippen LogP contribution in [-0.2, 0) is 21.2 Å². The highest BCUT2D eigenvalue weighted by Crippen LogP contribution is 2.41. The van der Waals surface area contributed by atoms with Crippen molar-refractivity contribution in [3.63, 3.8) is 0 Å². The van der Waals surface area contributed by atoms with Crippen molar-refractivity contribution < 1.29 is 13.2 Å². The number of hydrogen-bond donors (Lipinski definition) is 0. The Balaban J connectivity index is 1.64. The lowest BCUT2D eigenvalue weighted by Gasteiger charge is -2.36. The topological polar surface area (TPSA) is 60.9 Å². The van der Waals surface area contributed by atoms with Gasteiger partial charge in [-0.1, -0.05) is 28.1 Å². The standard InChI is InChI=1S/C23H28BrN3O3S/c1-15-5-6-16(2)21(11-15)25-7-9-26(10-8-25)31(29,30)22-14-20(24)13-19-12-17(3)27(18(4)28)23(19)22/h5-6,11,13-14,17H,7-10,12H2,1-4H3. The van der Waals surface area contributed by atoms with Gasteiger partial charge in [0.1, 0.15) is 4.90 Å². The van der Waals surface area contributed by atoms with E-state index in [9.17, 15) is 13.2 Å². The molecule has 166 valence electrons. The molecule has 1 atom stereocenters. The third kappa shape index (κ3) is 4.01. The van der Waals surface area contributed by atoms with Crippen molar-refractivity contribution in [1.82, 2.24) is 4.31 Å². The second-order valence-corrected chi connectivity index (χ2v) is 11.4. The average molecular weight is 506 g/mol. The van der Waals surface area contributed by atoms with E-state index in [4.69, 9.17) is 0 Å². The number of benzene rings is 2. The number of hydrogen-bond acceptors (Lipinski definition) is 4. The van der Waals surface area contributed by atoms with Gasteiger partial charge >= 0.3 is 0 Å². The number of halogens is 1. The van der Waals surface area contributed by atoms with Gasteiger partial charge in [-0.25, -0.2) is 8.42 Å². The van der Waals surface area contributed by atoms with E-state index in [-0.39, 0.29) is 16.8 Å². The molecule has 31 heavy (non-hydrogen) atoms. The molecule has 2 aromatic rings. The molecule has 0 N–H and O–H groups in total. The van der Waals surface area contributed by atoms with Crippen LogP contribution in [0.5, 0.6) is 0 Å². The van der Waals surface area contributed by atoms with Crippen molar-refractivity contribution in [2.24, 2.45) is 0 Å². The smallest absolute Gasteiger partial charge is 0.245 e. The number of anilines is 2. The van der Waals surface area contributed by atoms with Gasteiger partial charge in [-0.05, 0) is 62.1 Å². The van der Waals surface area contributed by atoms with Crippen LogP contribution in [0.15, 0.2) is 39.7 Å². The Bertz CT molecular complexity index is 1140. The fourth-order valence-electron chi connectivity index (χ4n) is 4.72. The lowest BCUT2D eigenvalue weighted by molar-refractivity contribution is -0.116. The lowest BCUT2D eigenvalue weighted by atomic mass is 10.1. The van der Waals surface area contributed by atoms with Crippen LogP contribution in [0.2, 0.25) is 0 Å². The summed E-state index contributed by atoms with van der Waals surface area (Å²) >= 11 is 3.47. The predicted molar refractivity (Wildman–Crippen MR) is 127 cm³/mol. The molecule has 1 amide bonds. The highest BCUT2D eigenvalue weighted by molar-refractivity contribution is 9.10. The van der Waals surface area contributed by atoms with Crippen molar-refractivity contribution in [2.45, 2.75) is 45.1 Å². The number of carbonyl (C=O) groups excluding carboxylic acids is 1. The van der Waals surface area contributed by atoms with Gasteiger partial charge in [-0.15, -0.1) is 0 Å². The molecule has 8 heteroatoms. The van der Waals surface area contributed by atoms with Gasteiger partial charge in [-0.2, -0.15) is 4.31 Å². The molecule has 2 aromatic carbocycles. The van der Waals surface area contributed by atoms with E-state index in [1.54, 1.807) is 15.3 Å².